The maximum absolute atomic E-state index is 5.59. The van der Waals surface area contributed by atoms with E-state index in [0.29, 0.717) is 29.6 Å². The third-order valence-corrected chi connectivity index (χ3v) is 7.14. The Morgan fingerprint density at radius 1 is 1.03 bits per heavy atom. The first-order chi connectivity index (χ1) is 16.5. The van der Waals surface area contributed by atoms with E-state index in [9.17, 15) is 0 Å². The van der Waals surface area contributed by atoms with Gasteiger partial charge in [0.05, 0.1) is 0 Å². The van der Waals surface area contributed by atoms with Crippen molar-refractivity contribution in [2.45, 2.75) is 58.5 Å². The van der Waals surface area contributed by atoms with Gasteiger partial charge in [0.25, 0.3) is 0 Å². The Labute approximate surface area is 207 Å². The molecule has 2 unspecified atom stereocenters. The van der Waals surface area contributed by atoms with Crippen molar-refractivity contribution in [3.05, 3.63) is 29.8 Å². The van der Waals surface area contributed by atoms with Crippen LogP contribution in [-0.2, 0) is 6.54 Å². The lowest BCUT2D eigenvalue weighted by molar-refractivity contribution is 0.174. The summed E-state index contributed by atoms with van der Waals surface area (Å²) in [4.78, 5) is 14.5. The molecule has 34 heavy (non-hydrogen) atoms. The molecule has 1 aromatic carbocycles. The number of thiocarbonyl (C=S) groups is 1. The number of benzene rings is 1. The molecule has 0 saturated carbocycles. The van der Waals surface area contributed by atoms with Crippen molar-refractivity contribution in [3.63, 3.8) is 0 Å². The number of rotatable bonds is 5. The molecule has 182 valence electrons. The van der Waals surface area contributed by atoms with Gasteiger partial charge in [-0.3, -0.25) is 0 Å². The summed E-state index contributed by atoms with van der Waals surface area (Å²) in [6.07, 6.45) is 6.13. The molecule has 0 aliphatic carbocycles. The molecule has 0 radical (unpaired) electrons. The van der Waals surface area contributed by atoms with Gasteiger partial charge < -0.3 is 29.9 Å². The highest BCUT2D eigenvalue weighted by molar-refractivity contribution is 7.80. The smallest absolute Gasteiger partial charge is 0.232 e. The first-order valence-electron chi connectivity index (χ1n) is 12.4. The van der Waals surface area contributed by atoms with E-state index in [-0.39, 0.29) is 6.79 Å². The summed E-state index contributed by atoms with van der Waals surface area (Å²) >= 11 is 5.59. The van der Waals surface area contributed by atoms with Gasteiger partial charge in [-0.05, 0) is 74.9 Å². The minimum atomic E-state index is 0.271. The van der Waals surface area contributed by atoms with Crippen molar-refractivity contribution in [2.75, 3.05) is 41.5 Å². The summed E-state index contributed by atoms with van der Waals surface area (Å²) in [5, 5.41) is 7.01. The van der Waals surface area contributed by atoms with Gasteiger partial charge in [-0.15, -0.1) is 0 Å². The van der Waals surface area contributed by atoms with Gasteiger partial charge in [0.1, 0.15) is 11.6 Å². The topological polar surface area (TPSA) is 74.8 Å². The van der Waals surface area contributed by atoms with Gasteiger partial charge in [-0.25, -0.2) is 0 Å². The van der Waals surface area contributed by atoms with Gasteiger partial charge in [0.2, 0.25) is 12.7 Å². The van der Waals surface area contributed by atoms with E-state index < -0.39 is 0 Å². The van der Waals surface area contributed by atoms with E-state index in [1.165, 1.54) is 32.1 Å². The van der Waals surface area contributed by atoms with Crippen LogP contribution >= 0.6 is 12.2 Å². The molecule has 3 aliphatic rings. The SMILES string of the molecule is CC1CCCN(c2cc(N3CCCCC3C)nc(NC(=S)NCc3ccc4c(c3)OCO4)n2)C1. The summed E-state index contributed by atoms with van der Waals surface area (Å²) in [5.74, 6) is 4.73. The minimum Gasteiger partial charge on any atom is -0.454 e. The molecule has 2 N–H and O–H groups in total. The van der Waals surface area contributed by atoms with Crippen LogP contribution < -0.4 is 29.9 Å². The van der Waals surface area contributed by atoms with Crippen LogP contribution in [0, 0.1) is 5.92 Å². The summed E-state index contributed by atoms with van der Waals surface area (Å²) in [5.41, 5.74) is 1.06. The Morgan fingerprint density at radius 3 is 2.74 bits per heavy atom. The number of nitrogens with one attached hydrogen (secondary N) is 2. The van der Waals surface area contributed by atoms with E-state index in [1.807, 2.05) is 18.2 Å². The summed E-state index contributed by atoms with van der Waals surface area (Å²) in [7, 11) is 0. The molecule has 2 saturated heterocycles. The zero-order valence-corrected chi connectivity index (χ0v) is 20.9. The van der Waals surface area contributed by atoms with Crippen LogP contribution in [0.5, 0.6) is 11.5 Å². The third kappa shape index (κ3) is 5.29. The molecule has 2 fully saturated rings. The Bertz CT molecular complexity index is 1030. The largest absolute Gasteiger partial charge is 0.454 e. The molecule has 2 aromatic rings. The zero-order valence-electron chi connectivity index (χ0n) is 20.0. The highest BCUT2D eigenvalue weighted by Crippen LogP contribution is 2.32. The van der Waals surface area contributed by atoms with E-state index in [0.717, 1.165) is 48.3 Å². The van der Waals surface area contributed by atoms with Gasteiger partial charge >= 0.3 is 0 Å². The normalized spacial score (nSPS) is 21.9. The standard InChI is InChI=1S/C25H34N6O2S/c1-17-6-5-10-30(15-17)22-13-23(31-11-4-3-7-18(31)2)28-24(27-22)29-25(34)26-14-19-8-9-20-21(12-19)33-16-32-20/h8-9,12-13,17-18H,3-7,10-11,14-16H2,1-2H3,(H2,26,27,28,29,34). The molecular weight excluding hydrogens is 448 g/mol. The van der Waals surface area contributed by atoms with Crippen LogP contribution in [0.15, 0.2) is 24.3 Å². The number of hydrogen-bond acceptors (Lipinski definition) is 7. The molecule has 0 amide bonds. The number of aromatic nitrogens is 2. The average Bonchev–Trinajstić information content (AvgIpc) is 3.31. The first-order valence-corrected chi connectivity index (χ1v) is 12.8. The van der Waals surface area contributed by atoms with Crippen molar-refractivity contribution in [1.82, 2.24) is 15.3 Å². The summed E-state index contributed by atoms with van der Waals surface area (Å²) in [6.45, 7) is 8.53. The highest BCUT2D eigenvalue weighted by Gasteiger charge is 2.24. The number of piperidine rings is 2. The van der Waals surface area contributed by atoms with Crippen molar-refractivity contribution >= 4 is 34.9 Å². The Hall–Kier alpha value is -2.81. The average molecular weight is 483 g/mol. The lowest BCUT2D eigenvalue weighted by atomic mass is 10.0. The first kappa shape index (κ1) is 23.0. The second-order valence-electron chi connectivity index (χ2n) is 9.63. The quantitative estimate of drug-likeness (QED) is 0.607. The monoisotopic (exact) mass is 482 g/mol. The molecule has 3 aliphatic heterocycles. The molecule has 5 rings (SSSR count). The van der Waals surface area contributed by atoms with Crippen LogP contribution in [0.4, 0.5) is 17.6 Å². The van der Waals surface area contributed by atoms with Crippen molar-refractivity contribution in [2.24, 2.45) is 5.92 Å². The molecule has 2 atom stereocenters. The third-order valence-electron chi connectivity index (χ3n) is 6.89. The number of ether oxygens (including phenoxy) is 2. The molecule has 4 heterocycles. The number of hydrogen-bond donors (Lipinski definition) is 2. The minimum absolute atomic E-state index is 0.271. The van der Waals surface area contributed by atoms with Crippen LogP contribution in [0.2, 0.25) is 0 Å². The van der Waals surface area contributed by atoms with Crippen LogP contribution in [0.3, 0.4) is 0 Å². The molecule has 0 spiro atoms. The van der Waals surface area contributed by atoms with Gasteiger partial charge in [0.15, 0.2) is 16.6 Å². The molecular formula is C25H34N6O2S. The predicted molar refractivity (Wildman–Crippen MR) is 139 cm³/mol. The van der Waals surface area contributed by atoms with Crippen LogP contribution in [0.1, 0.15) is 51.5 Å². The van der Waals surface area contributed by atoms with Crippen LogP contribution in [-0.4, -0.2) is 47.5 Å². The Kier molecular flexibility index (Phi) is 6.89. The molecule has 8 nitrogen and oxygen atoms in total. The fourth-order valence-corrected chi connectivity index (χ4v) is 5.17. The fourth-order valence-electron chi connectivity index (χ4n) is 5.00. The molecule has 9 heteroatoms. The lowest BCUT2D eigenvalue weighted by Crippen LogP contribution is -2.39. The fraction of sp³-hybridized carbons (Fsp3) is 0.560. The lowest BCUT2D eigenvalue weighted by Gasteiger charge is -2.36. The zero-order chi connectivity index (χ0) is 23.5. The highest BCUT2D eigenvalue weighted by atomic mass is 32.1. The van der Waals surface area contributed by atoms with Gasteiger partial charge in [-0.2, -0.15) is 9.97 Å². The number of anilines is 3. The Morgan fingerprint density at radius 2 is 1.88 bits per heavy atom. The van der Waals surface area contributed by atoms with Crippen molar-refractivity contribution in [1.29, 1.82) is 0 Å². The predicted octanol–water partition coefficient (Wildman–Crippen LogP) is 4.31. The number of nitrogens with zero attached hydrogens (tertiary/aromatic N) is 4. The van der Waals surface area contributed by atoms with Gasteiger partial charge in [-0.1, -0.05) is 13.0 Å². The maximum Gasteiger partial charge on any atom is 0.232 e. The van der Waals surface area contributed by atoms with E-state index >= 15 is 0 Å². The second kappa shape index (κ2) is 10.2. The van der Waals surface area contributed by atoms with E-state index in [1.54, 1.807) is 0 Å². The van der Waals surface area contributed by atoms with Crippen LogP contribution in [0.25, 0.3) is 0 Å². The summed E-state index contributed by atoms with van der Waals surface area (Å²) in [6, 6.07) is 8.54. The number of fused-ring (bicyclic) bond motifs is 1. The van der Waals surface area contributed by atoms with Gasteiger partial charge in [0, 0.05) is 38.3 Å². The summed E-state index contributed by atoms with van der Waals surface area (Å²) < 4.78 is 10.9. The van der Waals surface area contributed by atoms with E-state index in [4.69, 9.17) is 31.7 Å². The second-order valence-corrected chi connectivity index (χ2v) is 10.0. The molecule has 1 aromatic heterocycles. The van der Waals surface area contributed by atoms with E-state index in [2.05, 4.69) is 40.3 Å². The Balaban J connectivity index is 1.31. The van der Waals surface area contributed by atoms with Crippen molar-refractivity contribution in [3.8, 4) is 11.5 Å². The molecule has 0 bridgehead atoms. The maximum atomic E-state index is 5.59. The van der Waals surface area contributed by atoms with Crippen molar-refractivity contribution < 1.29 is 9.47 Å².